The standard InChI is InChI=1S/C19H26N2O2/c22-19(20-13-15-6-7-15)18-12-16-17(23-18)9-11-21(16)10-8-14-4-2-1-3-5-14/h1-5,15-18H,6-13H2,(H,20,22)/t16-,17-,18-/m0/s1. The van der Waals surface area contributed by atoms with Gasteiger partial charge in [-0.1, -0.05) is 30.3 Å². The maximum absolute atomic E-state index is 12.2. The number of benzene rings is 1. The number of likely N-dealkylation sites (tertiary alicyclic amines) is 1. The Morgan fingerprint density at radius 3 is 2.83 bits per heavy atom. The minimum absolute atomic E-state index is 0.106. The Kier molecular flexibility index (Phi) is 4.36. The normalized spacial score (nSPS) is 30.3. The van der Waals surface area contributed by atoms with Crippen molar-refractivity contribution in [3.05, 3.63) is 35.9 Å². The van der Waals surface area contributed by atoms with E-state index in [0.29, 0.717) is 6.04 Å². The van der Waals surface area contributed by atoms with Crippen LogP contribution in [0.4, 0.5) is 0 Å². The van der Waals surface area contributed by atoms with E-state index in [1.807, 2.05) is 0 Å². The second-order valence-electron chi connectivity index (χ2n) is 7.21. The first-order valence-corrected chi connectivity index (χ1v) is 9.01. The lowest BCUT2D eigenvalue weighted by molar-refractivity contribution is -0.132. The largest absolute Gasteiger partial charge is 0.363 e. The summed E-state index contributed by atoms with van der Waals surface area (Å²) in [5, 5.41) is 3.07. The fourth-order valence-corrected chi connectivity index (χ4v) is 3.88. The maximum Gasteiger partial charge on any atom is 0.249 e. The first-order valence-electron chi connectivity index (χ1n) is 9.01. The Balaban J connectivity index is 1.27. The number of nitrogens with one attached hydrogen (secondary N) is 1. The highest BCUT2D eigenvalue weighted by molar-refractivity contribution is 5.81. The Labute approximate surface area is 138 Å². The van der Waals surface area contributed by atoms with Gasteiger partial charge in [0.1, 0.15) is 6.10 Å². The topological polar surface area (TPSA) is 41.6 Å². The van der Waals surface area contributed by atoms with E-state index >= 15 is 0 Å². The van der Waals surface area contributed by atoms with E-state index in [4.69, 9.17) is 4.74 Å². The molecule has 1 amide bonds. The zero-order chi connectivity index (χ0) is 15.6. The molecule has 3 aliphatic rings. The molecule has 1 aromatic rings. The third kappa shape index (κ3) is 3.59. The summed E-state index contributed by atoms with van der Waals surface area (Å²) in [5.74, 6) is 0.830. The van der Waals surface area contributed by atoms with Crippen molar-refractivity contribution < 1.29 is 9.53 Å². The number of amides is 1. The van der Waals surface area contributed by atoms with Gasteiger partial charge in [-0.25, -0.2) is 0 Å². The van der Waals surface area contributed by atoms with Gasteiger partial charge in [-0.3, -0.25) is 9.69 Å². The summed E-state index contributed by atoms with van der Waals surface area (Å²) in [6, 6.07) is 11.1. The number of rotatable bonds is 6. The highest BCUT2D eigenvalue weighted by Crippen LogP contribution is 2.33. The molecule has 4 rings (SSSR count). The predicted molar refractivity (Wildman–Crippen MR) is 89.1 cm³/mol. The molecular formula is C19H26N2O2. The number of hydrogen-bond donors (Lipinski definition) is 1. The van der Waals surface area contributed by atoms with Gasteiger partial charge in [0.15, 0.2) is 0 Å². The quantitative estimate of drug-likeness (QED) is 0.873. The summed E-state index contributed by atoms with van der Waals surface area (Å²) in [4.78, 5) is 14.8. The van der Waals surface area contributed by atoms with Gasteiger partial charge in [-0.2, -0.15) is 0 Å². The SMILES string of the molecule is O=C(NCC1CC1)[C@@H]1C[C@H]2[C@H](CCN2CCc2ccccc2)O1. The smallest absolute Gasteiger partial charge is 0.249 e. The molecule has 124 valence electrons. The van der Waals surface area contributed by atoms with Crippen LogP contribution in [0.3, 0.4) is 0 Å². The van der Waals surface area contributed by atoms with Crippen molar-refractivity contribution in [1.29, 1.82) is 0 Å². The van der Waals surface area contributed by atoms with Crippen LogP contribution >= 0.6 is 0 Å². The molecule has 3 atom stereocenters. The van der Waals surface area contributed by atoms with E-state index in [-0.39, 0.29) is 18.1 Å². The van der Waals surface area contributed by atoms with Gasteiger partial charge in [0.05, 0.1) is 6.10 Å². The predicted octanol–water partition coefficient (Wildman–Crippen LogP) is 1.99. The Morgan fingerprint density at radius 2 is 2.04 bits per heavy atom. The molecule has 0 bridgehead atoms. The minimum atomic E-state index is -0.233. The van der Waals surface area contributed by atoms with Crippen LogP contribution < -0.4 is 5.32 Å². The highest BCUT2D eigenvalue weighted by atomic mass is 16.5. The van der Waals surface area contributed by atoms with Gasteiger partial charge in [-0.05, 0) is 37.2 Å². The molecule has 23 heavy (non-hydrogen) atoms. The molecule has 0 unspecified atom stereocenters. The number of ether oxygens (including phenoxy) is 1. The molecule has 2 saturated heterocycles. The Bertz CT molecular complexity index is 544. The summed E-state index contributed by atoms with van der Waals surface area (Å²) < 4.78 is 6.03. The third-order valence-corrected chi connectivity index (χ3v) is 5.48. The summed E-state index contributed by atoms with van der Waals surface area (Å²) >= 11 is 0. The fourth-order valence-electron chi connectivity index (χ4n) is 3.88. The second kappa shape index (κ2) is 6.62. The van der Waals surface area contributed by atoms with Gasteiger partial charge >= 0.3 is 0 Å². The van der Waals surface area contributed by atoms with Crippen molar-refractivity contribution in [2.45, 2.75) is 50.4 Å². The average Bonchev–Trinajstić information content (AvgIpc) is 3.19. The van der Waals surface area contributed by atoms with Gasteiger partial charge in [0, 0.05) is 32.1 Å². The molecular weight excluding hydrogens is 288 g/mol. The van der Waals surface area contributed by atoms with E-state index < -0.39 is 0 Å². The summed E-state index contributed by atoms with van der Waals surface area (Å²) in [6.07, 6.45) is 5.55. The fraction of sp³-hybridized carbons (Fsp3) is 0.632. The highest BCUT2D eigenvalue weighted by Gasteiger charge is 2.45. The molecule has 0 aromatic heterocycles. The molecule has 2 aliphatic heterocycles. The number of carbonyl (C=O) groups is 1. The van der Waals surface area contributed by atoms with Crippen LogP contribution in [-0.2, 0) is 16.0 Å². The van der Waals surface area contributed by atoms with Crippen molar-refractivity contribution in [3.8, 4) is 0 Å². The van der Waals surface area contributed by atoms with Crippen LogP contribution in [-0.4, -0.2) is 48.7 Å². The summed E-state index contributed by atoms with van der Waals surface area (Å²) in [6.45, 7) is 3.00. The lowest BCUT2D eigenvalue weighted by Gasteiger charge is -2.22. The zero-order valence-electron chi connectivity index (χ0n) is 13.6. The molecule has 1 aliphatic carbocycles. The monoisotopic (exact) mass is 314 g/mol. The van der Waals surface area contributed by atoms with Gasteiger partial charge in [0.2, 0.25) is 5.91 Å². The van der Waals surface area contributed by atoms with Crippen molar-refractivity contribution in [3.63, 3.8) is 0 Å². The van der Waals surface area contributed by atoms with Crippen molar-refractivity contribution >= 4 is 5.91 Å². The van der Waals surface area contributed by atoms with Crippen LogP contribution in [0.1, 0.15) is 31.2 Å². The van der Waals surface area contributed by atoms with E-state index in [1.54, 1.807) is 0 Å². The molecule has 0 radical (unpaired) electrons. The van der Waals surface area contributed by atoms with E-state index in [9.17, 15) is 4.79 Å². The number of carbonyl (C=O) groups excluding carboxylic acids is 1. The van der Waals surface area contributed by atoms with Crippen LogP contribution in [0.5, 0.6) is 0 Å². The molecule has 2 heterocycles. The lowest BCUT2D eigenvalue weighted by Crippen LogP contribution is -2.37. The van der Waals surface area contributed by atoms with Crippen molar-refractivity contribution in [2.24, 2.45) is 5.92 Å². The molecule has 3 fully saturated rings. The number of fused-ring (bicyclic) bond motifs is 1. The number of hydrogen-bond acceptors (Lipinski definition) is 3. The molecule has 1 N–H and O–H groups in total. The van der Waals surface area contributed by atoms with Gasteiger partial charge < -0.3 is 10.1 Å². The molecule has 0 spiro atoms. The Morgan fingerprint density at radius 1 is 1.22 bits per heavy atom. The first kappa shape index (κ1) is 15.2. The second-order valence-corrected chi connectivity index (χ2v) is 7.21. The molecule has 4 nitrogen and oxygen atoms in total. The third-order valence-electron chi connectivity index (χ3n) is 5.48. The van der Waals surface area contributed by atoms with Crippen molar-refractivity contribution in [2.75, 3.05) is 19.6 Å². The van der Waals surface area contributed by atoms with E-state index in [0.717, 1.165) is 44.8 Å². The van der Waals surface area contributed by atoms with Crippen LogP contribution in [0, 0.1) is 5.92 Å². The Hall–Kier alpha value is -1.39. The van der Waals surface area contributed by atoms with Gasteiger partial charge in [0.25, 0.3) is 0 Å². The van der Waals surface area contributed by atoms with E-state index in [1.165, 1.54) is 18.4 Å². The maximum atomic E-state index is 12.2. The van der Waals surface area contributed by atoms with Crippen LogP contribution in [0.2, 0.25) is 0 Å². The van der Waals surface area contributed by atoms with Crippen LogP contribution in [0.15, 0.2) is 30.3 Å². The lowest BCUT2D eigenvalue weighted by atomic mass is 10.1. The molecule has 1 aromatic carbocycles. The first-order chi connectivity index (χ1) is 11.3. The molecule has 4 heteroatoms. The van der Waals surface area contributed by atoms with Gasteiger partial charge in [-0.15, -0.1) is 0 Å². The van der Waals surface area contributed by atoms with Crippen molar-refractivity contribution in [1.82, 2.24) is 10.2 Å². The summed E-state index contributed by atoms with van der Waals surface area (Å²) in [5.41, 5.74) is 1.38. The average molecular weight is 314 g/mol. The number of nitrogens with zero attached hydrogens (tertiary/aromatic N) is 1. The summed E-state index contributed by atoms with van der Waals surface area (Å²) in [7, 11) is 0. The minimum Gasteiger partial charge on any atom is -0.363 e. The van der Waals surface area contributed by atoms with E-state index in [2.05, 4.69) is 40.5 Å². The zero-order valence-corrected chi connectivity index (χ0v) is 13.6. The molecule has 1 saturated carbocycles. The van der Waals surface area contributed by atoms with Crippen LogP contribution in [0.25, 0.3) is 0 Å².